The van der Waals surface area contributed by atoms with Crippen molar-refractivity contribution in [2.75, 3.05) is 26.2 Å². The number of carbonyl (C=O) groups is 1. The molecular formula is C19H28ClNO2. The molecule has 3 nitrogen and oxygen atoms in total. The van der Waals surface area contributed by atoms with Crippen LogP contribution >= 0.6 is 12.4 Å². The zero-order chi connectivity index (χ0) is 15.2. The Balaban J connectivity index is 0.00000192. The van der Waals surface area contributed by atoms with Crippen LogP contribution in [0.4, 0.5) is 0 Å². The first kappa shape index (κ1) is 18.3. The fraction of sp³-hybridized carbons (Fsp3) is 0.632. The maximum atomic E-state index is 12.7. The fourth-order valence-electron chi connectivity index (χ4n) is 3.92. The fourth-order valence-corrected chi connectivity index (χ4v) is 3.92. The van der Waals surface area contributed by atoms with Crippen LogP contribution in [0.2, 0.25) is 0 Å². The molecule has 1 aromatic carbocycles. The normalized spacial score (nSPS) is 20.2. The van der Waals surface area contributed by atoms with E-state index in [4.69, 9.17) is 4.74 Å². The summed E-state index contributed by atoms with van der Waals surface area (Å²) in [5.74, 6) is 0.376. The average Bonchev–Trinajstić information content (AvgIpc) is 3.22. The zero-order valence-corrected chi connectivity index (χ0v) is 14.6. The van der Waals surface area contributed by atoms with Gasteiger partial charge in [-0.25, -0.2) is 0 Å². The van der Waals surface area contributed by atoms with Crippen molar-refractivity contribution >= 4 is 18.4 Å². The molecule has 2 fully saturated rings. The molecule has 2 aliphatic rings. The summed E-state index contributed by atoms with van der Waals surface area (Å²) in [4.78, 5) is 15.1. The van der Waals surface area contributed by atoms with Gasteiger partial charge in [-0.15, -0.1) is 12.4 Å². The van der Waals surface area contributed by atoms with Crippen LogP contribution in [-0.4, -0.2) is 37.1 Å². The van der Waals surface area contributed by atoms with Crippen LogP contribution in [0, 0.1) is 5.92 Å². The number of benzene rings is 1. The van der Waals surface area contributed by atoms with Gasteiger partial charge in [0.2, 0.25) is 0 Å². The molecule has 128 valence electrons. The highest BCUT2D eigenvalue weighted by Crippen LogP contribution is 2.38. The van der Waals surface area contributed by atoms with Crippen LogP contribution in [0.1, 0.15) is 50.0 Å². The van der Waals surface area contributed by atoms with E-state index in [0.717, 1.165) is 38.0 Å². The third-order valence-electron chi connectivity index (χ3n) is 5.13. The topological polar surface area (TPSA) is 29.5 Å². The Labute approximate surface area is 145 Å². The van der Waals surface area contributed by atoms with Crippen molar-refractivity contribution in [1.82, 2.24) is 4.90 Å². The van der Waals surface area contributed by atoms with E-state index in [0.29, 0.717) is 12.5 Å². The highest BCUT2D eigenvalue weighted by molar-refractivity contribution is 5.85. The Hall–Kier alpha value is -1.06. The number of esters is 1. The van der Waals surface area contributed by atoms with Gasteiger partial charge in [-0.2, -0.15) is 0 Å². The lowest BCUT2D eigenvalue weighted by molar-refractivity contribution is -0.147. The first-order valence-electron chi connectivity index (χ1n) is 8.78. The number of likely N-dealkylation sites (tertiary alicyclic amines) is 1. The highest BCUT2D eigenvalue weighted by Gasteiger charge is 2.33. The van der Waals surface area contributed by atoms with Gasteiger partial charge in [-0.1, -0.05) is 43.2 Å². The van der Waals surface area contributed by atoms with Crippen molar-refractivity contribution in [3.8, 4) is 0 Å². The minimum atomic E-state index is -0.0673. The Morgan fingerprint density at radius 3 is 2.39 bits per heavy atom. The second kappa shape index (κ2) is 9.29. The number of rotatable bonds is 6. The first-order valence-corrected chi connectivity index (χ1v) is 8.78. The number of halogens is 1. The Morgan fingerprint density at radius 2 is 1.74 bits per heavy atom. The van der Waals surface area contributed by atoms with Crippen molar-refractivity contribution < 1.29 is 9.53 Å². The second-order valence-corrected chi connectivity index (χ2v) is 6.65. The second-order valence-electron chi connectivity index (χ2n) is 6.65. The van der Waals surface area contributed by atoms with E-state index < -0.39 is 0 Å². The minimum Gasteiger partial charge on any atom is -0.464 e. The molecule has 1 aliphatic carbocycles. The molecule has 0 spiro atoms. The summed E-state index contributed by atoms with van der Waals surface area (Å²) in [6.07, 6.45) is 7.36. The summed E-state index contributed by atoms with van der Waals surface area (Å²) < 4.78 is 5.65. The minimum absolute atomic E-state index is 0. The van der Waals surface area contributed by atoms with Crippen LogP contribution in [0.3, 0.4) is 0 Å². The Bertz CT molecular complexity index is 468. The summed E-state index contributed by atoms with van der Waals surface area (Å²) in [7, 11) is 0. The van der Waals surface area contributed by atoms with Gasteiger partial charge in [0.25, 0.3) is 0 Å². The van der Waals surface area contributed by atoms with Crippen molar-refractivity contribution in [3.05, 3.63) is 35.9 Å². The molecule has 1 aliphatic heterocycles. The molecule has 0 aromatic heterocycles. The van der Waals surface area contributed by atoms with E-state index >= 15 is 0 Å². The van der Waals surface area contributed by atoms with Gasteiger partial charge < -0.3 is 4.74 Å². The number of hydrogen-bond donors (Lipinski definition) is 0. The molecule has 0 radical (unpaired) electrons. The van der Waals surface area contributed by atoms with Crippen molar-refractivity contribution in [3.63, 3.8) is 0 Å². The molecule has 1 saturated heterocycles. The van der Waals surface area contributed by atoms with Crippen molar-refractivity contribution in [1.29, 1.82) is 0 Å². The van der Waals surface area contributed by atoms with Crippen molar-refractivity contribution in [2.45, 2.75) is 44.4 Å². The average molecular weight is 338 g/mol. The summed E-state index contributed by atoms with van der Waals surface area (Å²) in [6.45, 7) is 3.73. The third-order valence-corrected chi connectivity index (χ3v) is 5.13. The molecule has 4 heteroatoms. The molecule has 1 unspecified atom stereocenters. The molecule has 1 saturated carbocycles. The number of ether oxygens (including phenoxy) is 1. The Kier molecular flexibility index (Phi) is 7.38. The third kappa shape index (κ3) is 4.95. The summed E-state index contributed by atoms with van der Waals surface area (Å²) in [6, 6.07) is 10.2. The molecule has 23 heavy (non-hydrogen) atoms. The van der Waals surface area contributed by atoms with Crippen LogP contribution in [-0.2, 0) is 9.53 Å². The van der Waals surface area contributed by atoms with Gasteiger partial charge in [0.05, 0.1) is 5.92 Å². The van der Waals surface area contributed by atoms with E-state index in [1.165, 1.54) is 25.7 Å². The summed E-state index contributed by atoms with van der Waals surface area (Å²) in [5, 5.41) is 0. The zero-order valence-electron chi connectivity index (χ0n) is 13.8. The molecule has 1 heterocycles. The molecular weight excluding hydrogens is 310 g/mol. The number of nitrogens with zero attached hydrogens (tertiary/aromatic N) is 1. The standard InChI is InChI=1S/C19H27NO2.ClH/c21-19(22-15-14-20-12-6-7-13-20)18(17-10-4-5-11-17)16-8-2-1-3-9-16;/h1-3,8-9,17-18H,4-7,10-15H2;1H. The lowest BCUT2D eigenvalue weighted by Crippen LogP contribution is -2.28. The summed E-state index contributed by atoms with van der Waals surface area (Å²) >= 11 is 0. The first-order chi connectivity index (χ1) is 10.8. The smallest absolute Gasteiger partial charge is 0.313 e. The van der Waals surface area contributed by atoms with Gasteiger partial charge in [-0.05, 0) is 50.3 Å². The van der Waals surface area contributed by atoms with Crippen LogP contribution in [0.25, 0.3) is 0 Å². The largest absolute Gasteiger partial charge is 0.464 e. The van der Waals surface area contributed by atoms with Gasteiger partial charge in [0.15, 0.2) is 0 Å². The monoisotopic (exact) mass is 337 g/mol. The van der Waals surface area contributed by atoms with Gasteiger partial charge >= 0.3 is 5.97 Å². The van der Waals surface area contributed by atoms with Crippen LogP contribution in [0.15, 0.2) is 30.3 Å². The number of hydrogen-bond acceptors (Lipinski definition) is 3. The molecule has 3 rings (SSSR count). The SMILES string of the molecule is Cl.O=C(OCCN1CCCC1)C(c1ccccc1)C1CCCC1. The van der Waals surface area contributed by atoms with Gasteiger partial charge in [0, 0.05) is 6.54 Å². The maximum absolute atomic E-state index is 12.7. The predicted octanol–water partition coefficient (Wildman–Crippen LogP) is 4.02. The number of carbonyl (C=O) groups excluding carboxylic acids is 1. The highest BCUT2D eigenvalue weighted by atomic mass is 35.5. The van der Waals surface area contributed by atoms with E-state index in [2.05, 4.69) is 17.0 Å². The van der Waals surface area contributed by atoms with E-state index in [1.807, 2.05) is 18.2 Å². The van der Waals surface area contributed by atoms with E-state index in [-0.39, 0.29) is 24.3 Å². The quantitative estimate of drug-likeness (QED) is 0.734. The molecule has 0 N–H and O–H groups in total. The van der Waals surface area contributed by atoms with Crippen molar-refractivity contribution in [2.24, 2.45) is 5.92 Å². The van der Waals surface area contributed by atoms with E-state index in [9.17, 15) is 4.79 Å². The molecule has 0 amide bonds. The molecule has 0 bridgehead atoms. The van der Waals surface area contributed by atoms with Crippen LogP contribution < -0.4 is 0 Å². The summed E-state index contributed by atoms with van der Waals surface area (Å²) in [5.41, 5.74) is 1.13. The molecule has 1 atom stereocenters. The predicted molar refractivity (Wildman–Crippen MR) is 95.0 cm³/mol. The maximum Gasteiger partial charge on any atom is 0.313 e. The molecule has 1 aromatic rings. The Morgan fingerprint density at radius 1 is 1.09 bits per heavy atom. The lowest BCUT2D eigenvalue weighted by atomic mass is 9.85. The lowest BCUT2D eigenvalue weighted by Gasteiger charge is -2.23. The van der Waals surface area contributed by atoms with Gasteiger partial charge in [0.1, 0.15) is 6.61 Å². The van der Waals surface area contributed by atoms with Gasteiger partial charge in [-0.3, -0.25) is 9.69 Å². The van der Waals surface area contributed by atoms with E-state index in [1.54, 1.807) is 0 Å². The van der Waals surface area contributed by atoms with Crippen LogP contribution in [0.5, 0.6) is 0 Å².